The largest absolute Gasteiger partial charge is 0.508 e. The molecule has 1 aliphatic heterocycles. The molecular formula is C17H14N2O5S3. The first kappa shape index (κ1) is 19.2. The van der Waals surface area contributed by atoms with E-state index in [-0.39, 0.29) is 32.3 Å². The molecule has 1 amide bonds. The van der Waals surface area contributed by atoms with E-state index in [0.717, 1.165) is 29.2 Å². The van der Waals surface area contributed by atoms with Gasteiger partial charge >= 0.3 is 0 Å². The van der Waals surface area contributed by atoms with Crippen molar-refractivity contribution < 1.29 is 23.4 Å². The highest BCUT2D eigenvalue weighted by atomic mass is 32.2. The minimum Gasteiger partial charge on any atom is -0.508 e. The van der Waals surface area contributed by atoms with Gasteiger partial charge in [-0.15, -0.1) is 22.3 Å². The molecule has 0 radical (unpaired) electrons. The molecule has 0 saturated carbocycles. The molecule has 7 nitrogen and oxygen atoms in total. The number of phenolic OH excluding ortho intramolecular Hbond substituents is 2. The van der Waals surface area contributed by atoms with Crippen LogP contribution in [0.15, 0.2) is 61.9 Å². The van der Waals surface area contributed by atoms with Crippen molar-refractivity contribution in [2.75, 3.05) is 6.54 Å². The average Bonchev–Trinajstić information content (AvgIpc) is 3.23. The lowest BCUT2D eigenvalue weighted by molar-refractivity contribution is -0.121. The summed E-state index contributed by atoms with van der Waals surface area (Å²) in [6.45, 7) is 3.67. The minimum atomic E-state index is -3.94. The van der Waals surface area contributed by atoms with Crippen LogP contribution in [0.25, 0.3) is 6.08 Å². The molecule has 2 N–H and O–H groups in total. The Morgan fingerprint density at radius 3 is 2.67 bits per heavy atom. The van der Waals surface area contributed by atoms with Gasteiger partial charge in [0.05, 0.1) is 4.91 Å². The Morgan fingerprint density at radius 1 is 1.26 bits per heavy atom. The van der Waals surface area contributed by atoms with Crippen LogP contribution < -0.4 is 0 Å². The predicted octanol–water partition coefficient (Wildman–Crippen LogP) is 3.01. The summed E-state index contributed by atoms with van der Waals surface area (Å²) in [5.74, 6) is -0.770. The van der Waals surface area contributed by atoms with Crippen molar-refractivity contribution in [3.63, 3.8) is 0 Å². The maximum Gasteiger partial charge on any atom is 0.294 e. The monoisotopic (exact) mass is 422 g/mol. The number of aromatic hydroxyl groups is 2. The van der Waals surface area contributed by atoms with Crippen molar-refractivity contribution in [3.8, 4) is 11.5 Å². The maximum atomic E-state index is 12.6. The average molecular weight is 423 g/mol. The van der Waals surface area contributed by atoms with E-state index in [2.05, 4.69) is 11.0 Å². The molecule has 0 bridgehead atoms. The van der Waals surface area contributed by atoms with Gasteiger partial charge in [-0.2, -0.15) is 8.42 Å². The highest BCUT2D eigenvalue weighted by Gasteiger charge is 2.34. The summed E-state index contributed by atoms with van der Waals surface area (Å²) in [4.78, 5) is 14.0. The predicted molar refractivity (Wildman–Crippen MR) is 106 cm³/mol. The van der Waals surface area contributed by atoms with Gasteiger partial charge in [0.1, 0.15) is 15.7 Å². The van der Waals surface area contributed by atoms with Gasteiger partial charge in [0, 0.05) is 18.2 Å². The molecule has 3 rings (SSSR count). The van der Waals surface area contributed by atoms with Gasteiger partial charge in [-0.1, -0.05) is 12.1 Å². The maximum absolute atomic E-state index is 12.6. The number of benzene rings is 1. The van der Waals surface area contributed by atoms with Crippen LogP contribution in [0.3, 0.4) is 0 Å². The summed E-state index contributed by atoms with van der Waals surface area (Å²) in [6.07, 6.45) is 2.88. The van der Waals surface area contributed by atoms with Gasteiger partial charge in [0.25, 0.3) is 15.9 Å². The summed E-state index contributed by atoms with van der Waals surface area (Å²) >= 11 is 1.93. The third-order valence-electron chi connectivity index (χ3n) is 3.45. The van der Waals surface area contributed by atoms with Gasteiger partial charge in [0.15, 0.2) is 5.17 Å². The fraction of sp³-hybridized carbons (Fsp3) is 0.0588. The zero-order valence-corrected chi connectivity index (χ0v) is 16.2. The first-order valence-corrected chi connectivity index (χ1v) is 10.7. The highest BCUT2D eigenvalue weighted by molar-refractivity contribution is 8.19. The van der Waals surface area contributed by atoms with Crippen molar-refractivity contribution in [1.29, 1.82) is 0 Å². The van der Waals surface area contributed by atoms with Gasteiger partial charge in [-0.3, -0.25) is 9.69 Å². The fourth-order valence-corrected chi connectivity index (χ4v) is 5.37. The van der Waals surface area contributed by atoms with Gasteiger partial charge < -0.3 is 10.2 Å². The number of sulfonamides is 1. The topological polar surface area (TPSA) is 107 Å². The van der Waals surface area contributed by atoms with Crippen LogP contribution in [0.5, 0.6) is 11.5 Å². The zero-order valence-electron chi connectivity index (χ0n) is 13.8. The first-order valence-electron chi connectivity index (χ1n) is 7.54. The second-order valence-corrected chi connectivity index (χ2v) is 9.13. The minimum absolute atomic E-state index is 0.0119. The third-order valence-corrected chi connectivity index (χ3v) is 7.21. The van der Waals surface area contributed by atoms with Crippen LogP contribution in [0.1, 0.15) is 5.56 Å². The molecule has 27 heavy (non-hydrogen) atoms. The van der Waals surface area contributed by atoms with E-state index in [0.29, 0.717) is 5.56 Å². The lowest BCUT2D eigenvalue weighted by Gasteiger charge is -2.12. The van der Waals surface area contributed by atoms with E-state index < -0.39 is 15.9 Å². The highest BCUT2D eigenvalue weighted by Crippen LogP contribution is 2.35. The fourth-order valence-electron chi connectivity index (χ4n) is 2.22. The summed E-state index contributed by atoms with van der Waals surface area (Å²) < 4.78 is 28.7. The second kappa shape index (κ2) is 7.59. The van der Waals surface area contributed by atoms with Gasteiger partial charge in [-0.05, 0) is 41.4 Å². The number of hydrogen-bond donors (Lipinski definition) is 2. The Balaban J connectivity index is 2.01. The molecule has 1 fully saturated rings. The number of amides is 1. The Hall–Kier alpha value is -2.56. The van der Waals surface area contributed by atoms with Crippen LogP contribution >= 0.6 is 23.1 Å². The normalized spacial score (nSPS) is 17.8. The van der Waals surface area contributed by atoms with Crippen molar-refractivity contribution in [2.45, 2.75) is 4.21 Å². The molecule has 0 spiro atoms. The molecule has 2 aromatic rings. The molecule has 0 atom stereocenters. The summed E-state index contributed by atoms with van der Waals surface area (Å²) in [7, 11) is -3.94. The van der Waals surface area contributed by atoms with Crippen LogP contribution in [0.4, 0.5) is 0 Å². The van der Waals surface area contributed by atoms with Crippen LogP contribution in [0, 0.1) is 0 Å². The van der Waals surface area contributed by atoms with Crippen molar-refractivity contribution in [3.05, 3.63) is 58.8 Å². The van der Waals surface area contributed by atoms with E-state index in [4.69, 9.17) is 0 Å². The Morgan fingerprint density at radius 2 is 2.04 bits per heavy atom. The zero-order chi connectivity index (χ0) is 19.6. The molecule has 1 saturated heterocycles. The number of carbonyl (C=O) groups excluding carboxylic acids is 1. The second-order valence-electron chi connectivity index (χ2n) is 5.34. The van der Waals surface area contributed by atoms with Crippen LogP contribution in [-0.2, 0) is 14.8 Å². The number of hydrogen-bond acceptors (Lipinski definition) is 7. The van der Waals surface area contributed by atoms with Gasteiger partial charge in [-0.25, -0.2) is 0 Å². The standard InChI is InChI=1S/C17H14N2O5S3/c1-2-7-19-16(22)14(9-11-5-6-12(20)10-13(11)21)26-17(19)18-27(23,24)15-4-3-8-25-15/h2-6,8-10,20-21H,1,7H2/b14-9-,18-17?. The SMILES string of the molecule is C=CCN1C(=O)/C(=C/c2ccc(O)cc2O)SC1=NS(=O)(=O)c1cccs1. The Bertz CT molecular complexity index is 1060. The number of carbonyl (C=O) groups is 1. The molecule has 1 aromatic heterocycles. The quantitative estimate of drug-likeness (QED) is 0.567. The summed E-state index contributed by atoms with van der Waals surface area (Å²) in [5.41, 5.74) is 0.310. The van der Waals surface area contributed by atoms with Crippen LogP contribution in [0.2, 0.25) is 0 Å². The number of thiophene rings is 1. The molecule has 0 unspecified atom stereocenters. The number of thioether (sulfide) groups is 1. The number of rotatable bonds is 5. The molecule has 2 heterocycles. The molecular weight excluding hydrogens is 408 g/mol. The van der Waals surface area contributed by atoms with E-state index in [9.17, 15) is 23.4 Å². The van der Waals surface area contributed by atoms with Crippen molar-refractivity contribution in [2.24, 2.45) is 4.40 Å². The number of phenols is 2. The smallest absolute Gasteiger partial charge is 0.294 e. The molecule has 1 aliphatic rings. The Labute approximate surface area is 164 Å². The van der Waals surface area contributed by atoms with Crippen molar-refractivity contribution in [1.82, 2.24) is 4.90 Å². The molecule has 0 aliphatic carbocycles. The Kier molecular flexibility index (Phi) is 5.40. The number of amidine groups is 1. The lowest BCUT2D eigenvalue weighted by atomic mass is 10.1. The van der Waals surface area contributed by atoms with Crippen molar-refractivity contribution >= 4 is 50.3 Å². The molecule has 1 aromatic carbocycles. The van der Waals surface area contributed by atoms with Crippen LogP contribution in [-0.4, -0.2) is 41.2 Å². The van der Waals surface area contributed by atoms with E-state index in [1.54, 1.807) is 11.4 Å². The summed E-state index contributed by atoms with van der Waals surface area (Å²) in [6, 6.07) is 7.00. The van der Waals surface area contributed by atoms with Gasteiger partial charge in [0.2, 0.25) is 0 Å². The number of nitrogens with zero attached hydrogens (tertiary/aromatic N) is 2. The summed E-state index contributed by atoms with van der Waals surface area (Å²) in [5, 5.41) is 20.9. The molecule has 140 valence electrons. The lowest BCUT2D eigenvalue weighted by Crippen LogP contribution is -2.29. The van der Waals surface area contributed by atoms with E-state index >= 15 is 0 Å². The van der Waals surface area contributed by atoms with E-state index in [1.807, 2.05) is 0 Å². The molecule has 10 heteroatoms. The third kappa shape index (κ3) is 4.07. The first-order chi connectivity index (χ1) is 12.8. The van der Waals surface area contributed by atoms with E-state index in [1.165, 1.54) is 35.3 Å².